The zero-order valence-corrected chi connectivity index (χ0v) is 20.1. The van der Waals surface area contributed by atoms with Crippen LogP contribution in [0.2, 0.25) is 0 Å². The normalized spacial score (nSPS) is 17.7. The molecule has 11 heteroatoms. The van der Waals surface area contributed by atoms with E-state index in [2.05, 4.69) is 21.3 Å². The molecule has 1 fully saturated rings. The van der Waals surface area contributed by atoms with Crippen LogP contribution in [0.15, 0.2) is 30.3 Å². The molecule has 1 aliphatic rings. The molecule has 0 aliphatic carbocycles. The Kier molecular flexibility index (Phi) is 10.7. The van der Waals surface area contributed by atoms with Crippen LogP contribution in [0.1, 0.15) is 45.1 Å². The van der Waals surface area contributed by atoms with E-state index in [1.807, 2.05) is 0 Å². The summed E-state index contributed by atoms with van der Waals surface area (Å²) in [6.07, 6.45) is 1.38. The Morgan fingerprint density at radius 1 is 1.03 bits per heavy atom. The number of benzene rings is 1. The number of aliphatic carboxylic acids is 1. The molecule has 2 rings (SSSR count). The summed E-state index contributed by atoms with van der Waals surface area (Å²) >= 11 is 0. The number of nitrogens with one attached hydrogen (secondary N) is 4. The first-order chi connectivity index (χ1) is 16.6. The average molecular weight is 490 g/mol. The van der Waals surface area contributed by atoms with Gasteiger partial charge in [0.25, 0.3) is 0 Å². The number of rotatable bonds is 13. The van der Waals surface area contributed by atoms with Crippen molar-refractivity contribution in [1.29, 1.82) is 0 Å². The Morgan fingerprint density at radius 3 is 2.26 bits per heavy atom. The molecule has 1 heterocycles. The van der Waals surface area contributed by atoms with Gasteiger partial charge in [-0.25, -0.2) is 4.79 Å². The van der Waals surface area contributed by atoms with Crippen molar-refractivity contribution in [2.75, 3.05) is 6.54 Å². The maximum absolute atomic E-state index is 13.0. The summed E-state index contributed by atoms with van der Waals surface area (Å²) in [4.78, 5) is 61.6. The molecular weight excluding hydrogens is 454 g/mol. The smallest absolute Gasteiger partial charge is 0.326 e. The van der Waals surface area contributed by atoms with E-state index in [4.69, 9.17) is 5.73 Å². The van der Waals surface area contributed by atoms with Crippen LogP contribution in [0.3, 0.4) is 0 Å². The summed E-state index contributed by atoms with van der Waals surface area (Å²) in [6.45, 7) is 4.10. The predicted octanol–water partition coefficient (Wildman–Crippen LogP) is -0.558. The second-order valence-corrected chi connectivity index (χ2v) is 9.03. The second kappa shape index (κ2) is 13.4. The third-order valence-electron chi connectivity index (χ3n) is 5.83. The molecular formula is C24H35N5O6. The molecule has 0 spiro atoms. The molecule has 4 amide bonds. The quantitative estimate of drug-likeness (QED) is 0.215. The lowest BCUT2D eigenvalue weighted by atomic mass is 10.00. The van der Waals surface area contributed by atoms with Crippen LogP contribution in [-0.4, -0.2) is 65.4 Å². The van der Waals surface area contributed by atoms with Crippen molar-refractivity contribution in [3.05, 3.63) is 35.9 Å². The molecule has 11 nitrogen and oxygen atoms in total. The zero-order valence-electron chi connectivity index (χ0n) is 20.1. The summed E-state index contributed by atoms with van der Waals surface area (Å²) in [7, 11) is 0. The van der Waals surface area contributed by atoms with Crippen LogP contribution < -0.4 is 27.0 Å². The predicted molar refractivity (Wildman–Crippen MR) is 128 cm³/mol. The van der Waals surface area contributed by atoms with E-state index < -0.39 is 47.9 Å². The Hall–Kier alpha value is -3.47. The minimum atomic E-state index is -1.20. The van der Waals surface area contributed by atoms with E-state index in [-0.39, 0.29) is 31.1 Å². The fraction of sp³-hybridized carbons (Fsp3) is 0.542. The standard InChI is InChI=1S/C24H35N5O6/c1-14(2)20(23(33)28-18(24(34)35)13-15-7-4-3-5-8-15)29-22(32)17(10-11-19(25)30)27-21(31)16-9-6-12-26-16/h3-5,7-8,14,16-18,20,26H,6,9-13H2,1-2H3,(H2,25,30)(H,27,31)(H,28,33)(H,29,32)(H,34,35). The molecule has 35 heavy (non-hydrogen) atoms. The highest BCUT2D eigenvalue weighted by atomic mass is 16.4. The van der Waals surface area contributed by atoms with Crippen LogP contribution in [-0.2, 0) is 30.4 Å². The van der Waals surface area contributed by atoms with E-state index >= 15 is 0 Å². The highest BCUT2D eigenvalue weighted by molar-refractivity contribution is 5.94. The van der Waals surface area contributed by atoms with E-state index in [1.165, 1.54) is 0 Å². The van der Waals surface area contributed by atoms with Gasteiger partial charge in [0.2, 0.25) is 23.6 Å². The maximum atomic E-state index is 13.0. The van der Waals surface area contributed by atoms with Crippen molar-refractivity contribution in [2.24, 2.45) is 11.7 Å². The van der Waals surface area contributed by atoms with Gasteiger partial charge in [0.15, 0.2) is 0 Å². The van der Waals surface area contributed by atoms with Crippen LogP contribution in [0.25, 0.3) is 0 Å². The number of carboxylic acid groups (broad SMARTS) is 1. The molecule has 0 aromatic heterocycles. The van der Waals surface area contributed by atoms with Gasteiger partial charge in [-0.05, 0) is 37.3 Å². The van der Waals surface area contributed by atoms with Gasteiger partial charge in [-0.3, -0.25) is 19.2 Å². The molecule has 1 aromatic carbocycles. The summed E-state index contributed by atoms with van der Waals surface area (Å²) in [5.41, 5.74) is 5.96. The van der Waals surface area contributed by atoms with Crippen LogP contribution in [0.4, 0.5) is 0 Å². The van der Waals surface area contributed by atoms with E-state index in [0.717, 1.165) is 12.0 Å². The zero-order chi connectivity index (χ0) is 26.0. The molecule has 0 radical (unpaired) electrons. The minimum absolute atomic E-state index is 0.0299. The molecule has 0 saturated carbocycles. The maximum Gasteiger partial charge on any atom is 0.326 e. The minimum Gasteiger partial charge on any atom is -0.480 e. The number of carbonyl (C=O) groups excluding carboxylic acids is 4. The number of hydrogen-bond acceptors (Lipinski definition) is 6. The topological polar surface area (TPSA) is 180 Å². The van der Waals surface area contributed by atoms with Crippen molar-refractivity contribution in [3.8, 4) is 0 Å². The Bertz CT molecular complexity index is 901. The Labute approximate surface area is 204 Å². The lowest BCUT2D eigenvalue weighted by Gasteiger charge is -2.27. The fourth-order valence-corrected chi connectivity index (χ4v) is 3.84. The van der Waals surface area contributed by atoms with Crippen molar-refractivity contribution >= 4 is 29.6 Å². The van der Waals surface area contributed by atoms with Gasteiger partial charge in [-0.15, -0.1) is 0 Å². The van der Waals surface area contributed by atoms with Crippen molar-refractivity contribution < 1.29 is 29.1 Å². The SMILES string of the molecule is CC(C)C(NC(=O)C(CCC(N)=O)NC(=O)C1CCCN1)C(=O)NC(Cc1ccccc1)C(=O)O. The largest absolute Gasteiger partial charge is 0.480 e. The number of amides is 4. The molecule has 1 aromatic rings. The van der Waals surface area contributed by atoms with Gasteiger partial charge in [0.1, 0.15) is 18.1 Å². The molecule has 7 N–H and O–H groups in total. The van der Waals surface area contributed by atoms with E-state index in [1.54, 1.807) is 44.2 Å². The van der Waals surface area contributed by atoms with Gasteiger partial charge < -0.3 is 32.1 Å². The van der Waals surface area contributed by atoms with Crippen LogP contribution in [0.5, 0.6) is 0 Å². The highest BCUT2D eigenvalue weighted by Crippen LogP contribution is 2.10. The van der Waals surface area contributed by atoms with E-state index in [9.17, 15) is 29.1 Å². The molecule has 192 valence electrons. The first-order valence-corrected chi connectivity index (χ1v) is 11.8. The second-order valence-electron chi connectivity index (χ2n) is 9.03. The summed E-state index contributed by atoms with van der Waals surface area (Å²) < 4.78 is 0. The first kappa shape index (κ1) is 27.8. The average Bonchev–Trinajstić information content (AvgIpc) is 3.34. The number of carboxylic acids is 1. The molecule has 4 unspecified atom stereocenters. The Balaban J connectivity index is 2.09. The monoisotopic (exact) mass is 489 g/mol. The Morgan fingerprint density at radius 2 is 1.71 bits per heavy atom. The lowest BCUT2D eigenvalue weighted by Crippen LogP contribution is -2.58. The number of carbonyl (C=O) groups is 5. The number of nitrogens with two attached hydrogens (primary N) is 1. The summed E-state index contributed by atoms with van der Waals surface area (Å²) in [6, 6.07) is 5.11. The van der Waals surface area contributed by atoms with Crippen molar-refractivity contribution in [3.63, 3.8) is 0 Å². The summed E-state index contributed by atoms with van der Waals surface area (Å²) in [5, 5.41) is 20.4. The molecule has 1 saturated heterocycles. The van der Waals surface area contributed by atoms with Gasteiger partial charge in [0.05, 0.1) is 6.04 Å². The number of primary amides is 1. The van der Waals surface area contributed by atoms with E-state index in [0.29, 0.717) is 13.0 Å². The third-order valence-corrected chi connectivity index (χ3v) is 5.83. The fourth-order valence-electron chi connectivity index (χ4n) is 3.84. The first-order valence-electron chi connectivity index (χ1n) is 11.8. The van der Waals surface area contributed by atoms with Crippen LogP contribution >= 0.6 is 0 Å². The molecule has 4 atom stereocenters. The molecule has 0 bridgehead atoms. The third kappa shape index (κ3) is 9.01. The van der Waals surface area contributed by atoms with Gasteiger partial charge in [0, 0.05) is 12.8 Å². The van der Waals surface area contributed by atoms with Gasteiger partial charge >= 0.3 is 5.97 Å². The summed E-state index contributed by atoms with van der Waals surface area (Å²) in [5.74, 6) is -3.89. The van der Waals surface area contributed by atoms with Crippen LogP contribution in [0, 0.1) is 5.92 Å². The van der Waals surface area contributed by atoms with Crippen molar-refractivity contribution in [1.82, 2.24) is 21.3 Å². The highest BCUT2D eigenvalue weighted by Gasteiger charge is 2.32. The number of hydrogen-bond donors (Lipinski definition) is 6. The van der Waals surface area contributed by atoms with Crippen molar-refractivity contribution in [2.45, 2.75) is 70.1 Å². The van der Waals surface area contributed by atoms with Gasteiger partial charge in [-0.2, -0.15) is 0 Å². The lowest BCUT2D eigenvalue weighted by molar-refractivity contribution is -0.142. The molecule has 1 aliphatic heterocycles. The van der Waals surface area contributed by atoms with Gasteiger partial charge in [-0.1, -0.05) is 44.2 Å².